The summed E-state index contributed by atoms with van der Waals surface area (Å²) in [5.41, 5.74) is 2.27. The highest BCUT2D eigenvalue weighted by Gasteiger charge is 2.13. The van der Waals surface area contributed by atoms with Crippen LogP contribution in [0, 0.1) is 5.82 Å². The molecule has 3 rings (SSSR count). The molecular weight excluding hydrogens is 305 g/mol. The molecule has 5 heteroatoms. The van der Waals surface area contributed by atoms with E-state index in [1.807, 2.05) is 36.5 Å². The fourth-order valence-electron chi connectivity index (χ4n) is 2.45. The first-order valence-electron chi connectivity index (χ1n) is 7.70. The van der Waals surface area contributed by atoms with E-state index in [0.717, 1.165) is 11.3 Å². The molecule has 0 atom stereocenters. The topological polar surface area (TPSA) is 38.1 Å². The lowest BCUT2D eigenvalue weighted by atomic mass is 10.2. The number of carbonyl (C=O) groups excluding carboxylic acids is 1. The Morgan fingerprint density at radius 2 is 1.83 bits per heavy atom. The van der Waals surface area contributed by atoms with Crippen LogP contribution < -0.4 is 0 Å². The van der Waals surface area contributed by atoms with Gasteiger partial charge in [-0.25, -0.2) is 9.07 Å². The van der Waals surface area contributed by atoms with Crippen LogP contribution in [0.5, 0.6) is 0 Å². The first kappa shape index (κ1) is 15.9. The molecule has 122 valence electrons. The van der Waals surface area contributed by atoms with Gasteiger partial charge in [0.05, 0.1) is 18.3 Å². The van der Waals surface area contributed by atoms with E-state index in [9.17, 15) is 9.18 Å². The average molecular weight is 323 g/mol. The molecule has 0 spiro atoms. The Hall–Kier alpha value is -2.95. The number of carbonyl (C=O) groups is 1. The molecule has 0 saturated carbocycles. The molecule has 0 aliphatic carbocycles. The standard InChI is InChI=1S/C19H18FN3O/c1-22(14-16-7-5-6-10-18(16)20)19(24)11-15-12-21-23(13-15)17-8-3-2-4-9-17/h2-10,12-13H,11,14H2,1H3. The van der Waals surface area contributed by atoms with Crippen LogP contribution in [0.2, 0.25) is 0 Å². The van der Waals surface area contributed by atoms with Gasteiger partial charge in [0.2, 0.25) is 5.91 Å². The fourth-order valence-corrected chi connectivity index (χ4v) is 2.45. The van der Waals surface area contributed by atoms with Gasteiger partial charge in [-0.15, -0.1) is 0 Å². The second-order valence-corrected chi connectivity index (χ2v) is 5.65. The highest BCUT2D eigenvalue weighted by molar-refractivity contribution is 5.78. The van der Waals surface area contributed by atoms with Gasteiger partial charge in [0, 0.05) is 25.4 Å². The zero-order valence-electron chi connectivity index (χ0n) is 13.4. The molecule has 3 aromatic rings. The summed E-state index contributed by atoms with van der Waals surface area (Å²) >= 11 is 0. The monoisotopic (exact) mass is 323 g/mol. The van der Waals surface area contributed by atoms with Crippen LogP contribution in [0.3, 0.4) is 0 Å². The third kappa shape index (κ3) is 3.68. The maximum absolute atomic E-state index is 13.7. The van der Waals surface area contributed by atoms with Crippen molar-refractivity contribution in [2.24, 2.45) is 0 Å². The first-order chi connectivity index (χ1) is 11.6. The third-order valence-electron chi connectivity index (χ3n) is 3.80. The number of nitrogens with zero attached hydrogens (tertiary/aromatic N) is 3. The largest absolute Gasteiger partial charge is 0.341 e. The van der Waals surface area contributed by atoms with Crippen LogP contribution in [-0.4, -0.2) is 27.6 Å². The van der Waals surface area contributed by atoms with Crippen LogP contribution >= 0.6 is 0 Å². The second kappa shape index (κ2) is 7.08. The number of para-hydroxylation sites is 1. The summed E-state index contributed by atoms with van der Waals surface area (Å²) in [6.07, 6.45) is 3.75. The number of benzene rings is 2. The van der Waals surface area contributed by atoms with E-state index in [0.29, 0.717) is 5.56 Å². The SMILES string of the molecule is CN(Cc1ccccc1F)C(=O)Cc1cnn(-c2ccccc2)c1. The van der Waals surface area contributed by atoms with Crippen LogP contribution in [0.25, 0.3) is 5.69 Å². The summed E-state index contributed by atoms with van der Waals surface area (Å²) in [4.78, 5) is 13.9. The number of amides is 1. The summed E-state index contributed by atoms with van der Waals surface area (Å²) in [5.74, 6) is -0.375. The van der Waals surface area contributed by atoms with Crippen molar-refractivity contribution in [3.8, 4) is 5.69 Å². The minimum Gasteiger partial charge on any atom is -0.341 e. The van der Waals surface area contributed by atoms with Crippen LogP contribution in [0.15, 0.2) is 67.0 Å². The fraction of sp³-hybridized carbons (Fsp3) is 0.158. The number of halogens is 1. The highest BCUT2D eigenvalue weighted by Crippen LogP contribution is 2.12. The summed E-state index contributed by atoms with van der Waals surface area (Å²) in [5, 5.41) is 4.28. The Balaban J connectivity index is 1.65. The number of hydrogen-bond donors (Lipinski definition) is 0. The van der Waals surface area contributed by atoms with Gasteiger partial charge >= 0.3 is 0 Å². The van der Waals surface area contributed by atoms with Crippen molar-refractivity contribution in [1.82, 2.24) is 14.7 Å². The molecule has 1 heterocycles. The molecule has 4 nitrogen and oxygen atoms in total. The van der Waals surface area contributed by atoms with E-state index in [1.54, 1.807) is 36.1 Å². The quantitative estimate of drug-likeness (QED) is 0.723. The zero-order valence-corrected chi connectivity index (χ0v) is 13.4. The number of likely N-dealkylation sites (N-methyl/N-ethyl adjacent to an activating group) is 1. The van der Waals surface area contributed by atoms with E-state index in [4.69, 9.17) is 0 Å². The van der Waals surface area contributed by atoms with Gasteiger partial charge in [0.1, 0.15) is 5.82 Å². The highest BCUT2D eigenvalue weighted by atomic mass is 19.1. The summed E-state index contributed by atoms with van der Waals surface area (Å²) in [6.45, 7) is 0.248. The molecular formula is C19H18FN3O. The molecule has 24 heavy (non-hydrogen) atoms. The number of hydrogen-bond acceptors (Lipinski definition) is 2. The summed E-state index contributed by atoms with van der Waals surface area (Å²) < 4.78 is 15.4. The molecule has 0 aliphatic heterocycles. The van der Waals surface area contributed by atoms with Crippen molar-refractivity contribution < 1.29 is 9.18 Å². The number of rotatable bonds is 5. The van der Waals surface area contributed by atoms with Gasteiger partial charge in [-0.05, 0) is 23.8 Å². The normalized spacial score (nSPS) is 10.6. The Kier molecular flexibility index (Phi) is 4.70. The average Bonchev–Trinajstić information content (AvgIpc) is 3.06. The first-order valence-corrected chi connectivity index (χ1v) is 7.70. The lowest BCUT2D eigenvalue weighted by Crippen LogP contribution is -2.28. The molecule has 1 amide bonds. The molecule has 0 bridgehead atoms. The van der Waals surface area contributed by atoms with Crippen molar-refractivity contribution in [3.05, 3.63) is 83.9 Å². The van der Waals surface area contributed by atoms with Gasteiger partial charge in [0.25, 0.3) is 0 Å². The van der Waals surface area contributed by atoms with Crippen LogP contribution in [0.1, 0.15) is 11.1 Å². The predicted octanol–water partition coefficient (Wildman–Crippen LogP) is 3.21. The minimum absolute atomic E-state index is 0.0779. The Morgan fingerprint density at radius 1 is 1.12 bits per heavy atom. The third-order valence-corrected chi connectivity index (χ3v) is 3.80. The van der Waals surface area contributed by atoms with Gasteiger partial charge in [-0.1, -0.05) is 36.4 Å². The van der Waals surface area contributed by atoms with Crippen LogP contribution in [-0.2, 0) is 17.8 Å². The molecule has 0 fully saturated rings. The maximum Gasteiger partial charge on any atom is 0.227 e. The molecule has 0 saturated heterocycles. The van der Waals surface area contributed by atoms with E-state index in [-0.39, 0.29) is 24.7 Å². The predicted molar refractivity (Wildman–Crippen MR) is 90.1 cm³/mol. The van der Waals surface area contributed by atoms with Crippen molar-refractivity contribution in [1.29, 1.82) is 0 Å². The Morgan fingerprint density at radius 3 is 2.58 bits per heavy atom. The van der Waals surface area contributed by atoms with Crippen LogP contribution in [0.4, 0.5) is 4.39 Å². The van der Waals surface area contributed by atoms with Crippen molar-refractivity contribution in [2.75, 3.05) is 7.05 Å². The van der Waals surface area contributed by atoms with E-state index < -0.39 is 0 Å². The second-order valence-electron chi connectivity index (χ2n) is 5.65. The maximum atomic E-state index is 13.7. The molecule has 0 radical (unpaired) electrons. The van der Waals surface area contributed by atoms with E-state index in [2.05, 4.69) is 5.10 Å². The van der Waals surface area contributed by atoms with Gasteiger partial charge in [-0.2, -0.15) is 5.10 Å². The molecule has 0 N–H and O–H groups in total. The van der Waals surface area contributed by atoms with Gasteiger partial charge < -0.3 is 4.90 Å². The van der Waals surface area contributed by atoms with Crippen molar-refractivity contribution >= 4 is 5.91 Å². The van der Waals surface area contributed by atoms with Gasteiger partial charge in [-0.3, -0.25) is 4.79 Å². The molecule has 1 aromatic heterocycles. The Bertz CT molecular complexity index is 829. The zero-order chi connectivity index (χ0) is 16.9. The number of aromatic nitrogens is 2. The Labute approximate surface area is 140 Å². The van der Waals surface area contributed by atoms with Crippen molar-refractivity contribution in [2.45, 2.75) is 13.0 Å². The lowest BCUT2D eigenvalue weighted by Gasteiger charge is -2.17. The molecule has 0 unspecified atom stereocenters. The van der Waals surface area contributed by atoms with Crippen molar-refractivity contribution in [3.63, 3.8) is 0 Å². The lowest BCUT2D eigenvalue weighted by molar-refractivity contribution is -0.129. The summed E-state index contributed by atoms with van der Waals surface area (Å²) in [6, 6.07) is 16.2. The smallest absolute Gasteiger partial charge is 0.227 e. The molecule has 2 aromatic carbocycles. The molecule has 0 aliphatic rings. The minimum atomic E-state index is -0.297. The van der Waals surface area contributed by atoms with Gasteiger partial charge in [0.15, 0.2) is 0 Å². The summed E-state index contributed by atoms with van der Waals surface area (Å²) in [7, 11) is 1.68. The van der Waals surface area contributed by atoms with E-state index in [1.165, 1.54) is 11.0 Å². The van der Waals surface area contributed by atoms with E-state index >= 15 is 0 Å².